The molecule has 1 amide bonds. The van der Waals surface area contributed by atoms with Crippen molar-refractivity contribution in [1.29, 1.82) is 0 Å². The molecule has 2 atom stereocenters. The smallest absolute Gasteiger partial charge is 0.295 e. The molecule has 0 spiro atoms. The van der Waals surface area contributed by atoms with Gasteiger partial charge in [0, 0.05) is 18.7 Å². The molecule has 2 aliphatic heterocycles. The van der Waals surface area contributed by atoms with E-state index in [-0.39, 0.29) is 24.0 Å². The van der Waals surface area contributed by atoms with Crippen LogP contribution in [-0.4, -0.2) is 61.3 Å². The highest BCUT2D eigenvalue weighted by molar-refractivity contribution is 6.46. The maximum absolute atomic E-state index is 13.3. The molecule has 2 saturated heterocycles. The number of rotatable bonds is 10. The van der Waals surface area contributed by atoms with Crippen molar-refractivity contribution in [3.05, 3.63) is 71.8 Å². The zero-order valence-electron chi connectivity index (χ0n) is 20.6. The molecular weight excluding hydrogens is 462 g/mol. The van der Waals surface area contributed by atoms with Crippen LogP contribution in [-0.2, 0) is 14.3 Å². The predicted octanol–water partition coefficient (Wildman–Crippen LogP) is 4.26. The Morgan fingerprint density at radius 1 is 1.17 bits per heavy atom. The van der Waals surface area contributed by atoms with Gasteiger partial charge in [0.15, 0.2) is 11.5 Å². The second-order valence-electron chi connectivity index (χ2n) is 8.55. The van der Waals surface area contributed by atoms with Crippen molar-refractivity contribution in [2.75, 3.05) is 33.5 Å². The van der Waals surface area contributed by atoms with Crippen LogP contribution in [0.25, 0.3) is 5.76 Å². The maximum Gasteiger partial charge on any atom is 0.295 e. The van der Waals surface area contributed by atoms with E-state index < -0.39 is 17.7 Å². The predicted molar refractivity (Wildman–Crippen MR) is 134 cm³/mol. The molecule has 2 aromatic rings. The van der Waals surface area contributed by atoms with Gasteiger partial charge in [-0.05, 0) is 61.7 Å². The second kappa shape index (κ2) is 11.3. The Balaban J connectivity index is 1.80. The number of carbonyl (C=O) groups excluding carboxylic acids is 2. The molecule has 0 radical (unpaired) electrons. The number of hydrogen-bond donors (Lipinski definition) is 1. The van der Waals surface area contributed by atoms with Gasteiger partial charge in [-0.3, -0.25) is 9.59 Å². The molecule has 36 heavy (non-hydrogen) atoms. The maximum atomic E-state index is 13.3. The van der Waals surface area contributed by atoms with Crippen molar-refractivity contribution >= 4 is 17.4 Å². The van der Waals surface area contributed by atoms with Gasteiger partial charge in [-0.1, -0.05) is 18.7 Å². The number of ketones is 1. The number of aliphatic hydroxyl groups excluding tert-OH is 1. The number of aliphatic hydroxyl groups is 1. The number of likely N-dealkylation sites (tertiary alicyclic amines) is 1. The molecule has 0 bridgehead atoms. The quantitative estimate of drug-likeness (QED) is 0.229. The van der Waals surface area contributed by atoms with Crippen molar-refractivity contribution in [1.82, 2.24) is 4.90 Å². The third-order valence-electron chi connectivity index (χ3n) is 6.26. The number of nitrogens with zero attached hydrogens (tertiary/aromatic N) is 1. The summed E-state index contributed by atoms with van der Waals surface area (Å²) in [4.78, 5) is 28.0. The third-order valence-corrected chi connectivity index (χ3v) is 6.26. The van der Waals surface area contributed by atoms with Crippen molar-refractivity contribution in [2.45, 2.75) is 31.9 Å². The van der Waals surface area contributed by atoms with Gasteiger partial charge in [-0.2, -0.15) is 0 Å². The third kappa shape index (κ3) is 5.09. The largest absolute Gasteiger partial charge is 0.507 e. The molecule has 2 unspecified atom stereocenters. The van der Waals surface area contributed by atoms with E-state index in [1.165, 1.54) is 12.0 Å². The summed E-state index contributed by atoms with van der Waals surface area (Å²) in [6.45, 7) is 7.21. The van der Waals surface area contributed by atoms with Crippen molar-refractivity contribution < 1.29 is 33.6 Å². The Morgan fingerprint density at radius 2 is 1.94 bits per heavy atom. The molecule has 2 aromatic carbocycles. The van der Waals surface area contributed by atoms with E-state index in [4.69, 9.17) is 18.9 Å². The lowest BCUT2D eigenvalue weighted by Crippen LogP contribution is -2.36. The summed E-state index contributed by atoms with van der Waals surface area (Å²) in [7, 11) is 1.52. The Morgan fingerprint density at radius 3 is 2.58 bits per heavy atom. The number of hydrogen-bond acceptors (Lipinski definition) is 7. The van der Waals surface area contributed by atoms with E-state index in [0.717, 1.165) is 12.8 Å². The Labute approximate surface area is 210 Å². The number of Topliss-reactive ketones (excluding diaryl/α,β-unsaturated/α-hetero) is 1. The van der Waals surface area contributed by atoms with Gasteiger partial charge in [0.1, 0.15) is 18.1 Å². The fraction of sp³-hybridized carbons (Fsp3) is 0.357. The highest BCUT2D eigenvalue weighted by Crippen LogP contribution is 2.42. The molecule has 190 valence electrons. The summed E-state index contributed by atoms with van der Waals surface area (Å²) < 4.78 is 22.4. The van der Waals surface area contributed by atoms with Crippen LogP contribution < -0.4 is 14.2 Å². The Kier molecular flexibility index (Phi) is 7.95. The first-order valence-electron chi connectivity index (χ1n) is 12.0. The van der Waals surface area contributed by atoms with E-state index >= 15 is 0 Å². The van der Waals surface area contributed by atoms with E-state index in [1.54, 1.807) is 48.5 Å². The van der Waals surface area contributed by atoms with E-state index in [9.17, 15) is 14.7 Å². The molecule has 2 aliphatic rings. The number of benzene rings is 2. The lowest BCUT2D eigenvalue weighted by atomic mass is 9.94. The standard InChI is InChI=1S/C28H31NO7/c1-4-14-36-22-13-10-19(16-23(22)33-3)25-24(26(30)18-8-11-20(12-9-18)34-5-2)27(31)28(32)29(25)17-21-7-6-15-35-21/h4,8-13,16,21,25,30H,1,5-7,14-15,17H2,2-3H3. The van der Waals surface area contributed by atoms with Crippen LogP contribution in [0.3, 0.4) is 0 Å². The first kappa shape index (κ1) is 25.3. The minimum atomic E-state index is -0.817. The number of carbonyl (C=O) groups is 2. The lowest BCUT2D eigenvalue weighted by molar-refractivity contribution is -0.140. The van der Waals surface area contributed by atoms with Gasteiger partial charge in [0.25, 0.3) is 11.7 Å². The first-order chi connectivity index (χ1) is 17.5. The SMILES string of the molecule is C=CCOc1ccc(C2C(=C(O)c3ccc(OCC)cc3)C(=O)C(=O)N2CC2CCCO2)cc1OC. The van der Waals surface area contributed by atoms with Crippen molar-refractivity contribution in [3.63, 3.8) is 0 Å². The van der Waals surface area contributed by atoms with Gasteiger partial charge in [-0.15, -0.1) is 0 Å². The van der Waals surface area contributed by atoms with Crippen LogP contribution >= 0.6 is 0 Å². The minimum Gasteiger partial charge on any atom is -0.507 e. The average Bonchev–Trinajstić information content (AvgIpc) is 3.50. The summed E-state index contributed by atoms with van der Waals surface area (Å²) in [6.07, 6.45) is 3.15. The van der Waals surface area contributed by atoms with Crippen LogP contribution in [0.5, 0.6) is 17.2 Å². The van der Waals surface area contributed by atoms with Crippen LogP contribution in [0, 0.1) is 0 Å². The molecule has 0 saturated carbocycles. The molecular formula is C28H31NO7. The normalized spacial score (nSPS) is 21.0. The lowest BCUT2D eigenvalue weighted by Gasteiger charge is -2.28. The number of amides is 1. The average molecular weight is 494 g/mol. The van der Waals surface area contributed by atoms with Gasteiger partial charge in [-0.25, -0.2) is 0 Å². The molecule has 4 rings (SSSR count). The summed E-state index contributed by atoms with van der Waals surface area (Å²) >= 11 is 0. The first-order valence-corrected chi connectivity index (χ1v) is 12.0. The fourth-order valence-electron chi connectivity index (χ4n) is 4.58. The molecule has 0 aliphatic carbocycles. The molecule has 0 aromatic heterocycles. The highest BCUT2D eigenvalue weighted by Gasteiger charge is 2.47. The molecule has 1 N–H and O–H groups in total. The Bertz CT molecular complexity index is 1150. The van der Waals surface area contributed by atoms with E-state index in [0.29, 0.717) is 48.2 Å². The van der Waals surface area contributed by atoms with Gasteiger partial charge in [0.05, 0.1) is 31.4 Å². The molecule has 8 heteroatoms. The number of ether oxygens (including phenoxy) is 4. The van der Waals surface area contributed by atoms with Crippen LogP contribution in [0.1, 0.15) is 36.9 Å². The molecule has 2 fully saturated rings. The second-order valence-corrected chi connectivity index (χ2v) is 8.55. The highest BCUT2D eigenvalue weighted by atomic mass is 16.5. The monoisotopic (exact) mass is 493 g/mol. The molecule has 2 heterocycles. The fourth-order valence-corrected chi connectivity index (χ4v) is 4.58. The van der Waals surface area contributed by atoms with Crippen LogP contribution in [0.15, 0.2) is 60.7 Å². The van der Waals surface area contributed by atoms with Gasteiger partial charge < -0.3 is 29.0 Å². The van der Waals surface area contributed by atoms with Gasteiger partial charge in [0.2, 0.25) is 0 Å². The van der Waals surface area contributed by atoms with E-state index in [2.05, 4.69) is 6.58 Å². The summed E-state index contributed by atoms with van der Waals surface area (Å²) in [5, 5.41) is 11.3. The van der Waals surface area contributed by atoms with Gasteiger partial charge >= 0.3 is 0 Å². The van der Waals surface area contributed by atoms with Crippen molar-refractivity contribution in [2.24, 2.45) is 0 Å². The summed E-state index contributed by atoms with van der Waals surface area (Å²) in [6, 6.07) is 11.2. The van der Waals surface area contributed by atoms with Crippen LogP contribution in [0.4, 0.5) is 0 Å². The minimum absolute atomic E-state index is 0.0176. The van der Waals surface area contributed by atoms with E-state index in [1.807, 2.05) is 6.92 Å². The summed E-state index contributed by atoms with van der Waals surface area (Å²) in [5.74, 6) is -0.0717. The number of methoxy groups -OCH3 is 1. The van der Waals surface area contributed by atoms with Crippen LogP contribution in [0.2, 0.25) is 0 Å². The topological polar surface area (TPSA) is 94.5 Å². The Hall–Kier alpha value is -3.78. The van der Waals surface area contributed by atoms with Crippen molar-refractivity contribution in [3.8, 4) is 17.2 Å². The zero-order chi connectivity index (χ0) is 25.7. The summed E-state index contributed by atoms with van der Waals surface area (Å²) in [5.41, 5.74) is 1.04. The zero-order valence-corrected chi connectivity index (χ0v) is 20.6. The molecule has 8 nitrogen and oxygen atoms in total.